The van der Waals surface area contributed by atoms with Gasteiger partial charge in [0.1, 0.15) is 17.2 Å². The van der Waals surface area contributed by atoms with Crippen molar-refractivity contribution < 1.29 is 9.90 Å². The van der Waals surface area contributed by atoms with Crippen molar-refractivity contribution in [2.24, 2.45) is 0 Å². The van der Waals surface area contributed by atoms with Crippen LogP contribution in [0.1, 0.15) is 47.4 Å². The van der Waals surface area contributed by atoms with Crippen LogP contribution in [0.2, 0.25) is 0 Å². The number of nitrogens with zero attached hydrogens (tertiary/aromatic N) is 3. The van der Waals surface area contributed by atoms with E-state index in [-0.39, 0.29) is 5.91 Å². The van der Waals surface area contributed by atoms with Crippen LogP contribution in [0.15, 0.2) is 61.3 Å². The Bertz CT molecular complexity index is 1280. The molecule has 1 aromatic carbocycles. The van der Waals surface area contributed by atoms with Crippen LogP contribution in [0.4, 0.5) is 23.0 Å². The molecule has 4 rings (SSSR count). The highest BCUT2D eigenvalue weighted by Gasteiger charge is 2.21. The summed E-state index contributed by atoms with van der Waals surface area (Å²) in [5.74, 6) is 0.839. The van der Waals surface area contributed by atoms with Crippen molar-refractivity contribution in [3.8, 4) is 0 Å². The summed E-state index contributed by atoms with van der Waals surface area (Å²) in [5.41, 5.74) is 4.05. The molecule has 0 aliphatic heterocycles. The second-order valence-electron chi connectivity index (χ2n) is 10.2. The van der Waals surface area contributed by atoms with Gasteiger partial charge in [0, 0.05) is 30.5 Å². The predicted molar refractivity (Wildman–Crippen MR) is 149 cm³/mol. The van der Waals surface area contributed by atoms with Crippen molar-refractivity contribution in [3.05, 3.63) is 83.7 Å². The van der Waals surface area contributed by atoms with Gasteiger partial charge in [-0.15, -0.1) is 6.58 Å². The van der Waals surface area contributed by atoms with Crippen molar-refractivity contribution in [2.75, 3.05) is 31.3 Å². The molecule has 1 unspecified atom stereocenters. The van der Waals surface area contributed by atoms with Gasteiger partial charge in [0.2, 0.25) is 0 Å². The normalized spacial score (nSPS) is 15.1. The molecule has 37 heavy (non-hydrogen) atoms. The average Bonchev–Trinajstić information content (AvgIpc) is 2.86. The average molecular weight is 501 g/mol. The number of amides is 1. The molecule has 8 nitrogen and oxygen atoms in total. The summed E-state index contributed by atoms with van der Waals surface area (Å²) >= 11 is 0. The van der Waals surface area contributed by atoms with Crippen molar-refractivity contribution in [1.82, 2.24) is 20.2 Å². The number of aliphatic hydroxyl groups is 1. The number of likely N-dealkylation sites (N-methyl/N-ethyl adjacent to an activating group) is 1. The van der Waals surface area contributed by atoms with Gasteiger partial charge in [-0.2, -0.15) is 0 Å². The zero-order chi connectivity index (χ0) is 26.6. The summed E-state index contributed by atoms with van der Waals surface area (Å²) in [6, 6.07) is 14.2. The zero-order valence-electron chi connectivity index (χ0n) is 22.0. The van der Waals surface area contributed by atoms with Gasteiger partial charge in [0.25, 0.3) is 5.91 Å². The topological polar surface area (TPSA) is 102 Å². The van der Waals surface area contributed by atoms with Crippen LogP contribution in [0.5, 0.6) is 0 Å². The molecule has 3 aromatic rings. The maximum atomic E-state index is 12.8. The number of anilines is 4. The van der Waals surface area contributed by atoms with Crippen molar-refractivity contribution in [3.63, 3.8) is 0 Å². The molecule has 0 spiro atoms. The molecular formula is C29H36N6O2. The first-order valence-electron chi connectivity index (χ1n) is 12.6. The Morgan fingerprint density at radius 3 is 2.70 bits per heavy atom. The second-order valence-corrected chi connectivity index (χ2v) is 10.2. The monoisotopic (exact) mass is 500 g/mol. The Morgan fingerprint density at radius 1 is 1.16 bits per heavy atom. The highest BCUT2D eigenvalue weighted by molar-refractivity contribution is 6.00. The van der Waals surface area contributed by atoms with Crippen LogP contribution in [0, 0.1) is 0 Å². The molecule has 0 fully saturated rings. The number of pyridine rings is 2. The lowest BCUT2D eigenvalue weighted by atomic mass is 9.87. The first-order valence-corrected chi connectivity index (χ1v) is 12.6. The number of carbonyl (C=O) groups is 1. The first-order chi connectivity index (χ1) is 17.6. The molecule has 1 aliphatic rings. The lowest BCUT2D eigenvalue weighted by Crippen LogP contribution is -2.33. The maximum absolute atomic E-state index is 12.8. The largest absolute Gasteiger partial charge is 0.384 e. The minimum atomic E-state index is -1.09. The van der Waals surface area contributed by atoms with E-state index in [4.69, 9.17) is 0 Å². The molecule has 1 atom stereocenters. The second kappa shape index (κ2) is 11.1. The fourth-order valence-electron chi connectivity index (χ4n) is 4.45. The summed E-state index contributed by atoms with van der Waals surface area (Å²) in [6.07, 6.45) is 6.41. The number of carbonyl (C=O) groups excluding carboxylic acids is 1. The molecular weight excluding hydrogens is 464 g/mol. The van der Waals surface area contributed by atoms with Gasteiger partial charge in [-0.05, 0) is 82.6 Å². The van der Waals surface area contributed by atoms with E-state index >= 15 is 0 Å². The molecule has 0 bridgehead atoms. The summed E-state index contributed by atoms with van der Waals surface area (Å²) in [6.45, 7) is 7.37. The summed E-state index contributed by atoms with van der Waals surface area (Å²) < 4.78 is 0. The fourth-order valence-corrected chi connectivity index (χ4v) is 4.45. The predicted octanol–water partition coefficient (Wildman–Crippen LogP) is 4.53. The Kier molecular flexibility index (Phi) is 7.90. The van der Waals surface area contributed by atoms with Crippen molar-refractivity contribution >= 4 is 28.9 Å². The molecule has 0 saturated carbocycles. The number of hydrogen-bond donors (Lipinski definition) is 4. The summed E-state index contributed by atoms with van der Waals surface area (Å²) in [4.78, 5) is 24.2. The van der Waals surface area contributed by atoms with Crippen LogP contribution < -0.4 is 16.0 Å². The van der Waals surface area contributed by atoms with E-state index in [2.05, 4.69) is 69.7 Å². The minimum Gasteiger partial charge on any atom is -0.384 e. The van der Waals surface area contributed by atoms with E-state index in [1.165, 1.54) is 11.1 Å². The lowest BCUT2D eigenvalue weighted by molar-refractivity contribution is 0.0740. The Hall–Kier alpha value is -3.75. The molecule has 2 heterocycles. The van der Waals surface area contributed by atoms with Crippen molar-refractivity contribution in [1.29, 1.82) is 0 Å². The van der Waals surface area contributed by atoms with E-state index in [1.54, 1.807) is 44.3 Å². The molecule has 4 N–H and O–H groups in total. The van der Waals surface area contributed by atoms with Crippen LogP contribution in [0.25, 0.3) is 0 Å². The molecule has 2 aromatic heterocycles. The molecule has 8 heteroatoms. The molecule has 0 radical (unpaired) electrons. The number of fused-ring (bicyclic) bond motifs is 1. The number of rotatable bonds is 9. The standard InChI is InChI=1S/C29H36N6O2/c1-6-14-30-28(36)23-18-31-27(17-24(23)33-26-9-7-8-25(34-26)29(2,3)37)32-21-12-10-20-16-22(35(4)5)13-11-19(20)15-21/h6-10,12,15,17-18,22,37H,1,11,13-14,16H2,2-5H3,(H,30,36)(H2,31,32,33,34). The van der Waals surface area contributed by atoms with Gasteiger partial charge < -0.3 is 26.0 Å². The highest BCUT2D eigenvalue weighted by atomic mass is 16.3. The third kappa shape index (κ3) is 6.53. The SMILES string of the molecule is C=CCNC(=O)c1cnc(Nc2ccc3c(c2)CCC(N(C)C)C3)cc1Nc1cccc(C(C)(C)O)n1. The quantitative estimate of drug-likeness (QED) is 0.320. The van der Waals surface area contributed by atoms with Crippen LogP contribution in [-0.2, 0) is 18.4 Å². The van der Waals surface area contributed by atoms with E-state index in [1.807, 2.05) is 6.07 Å². The third-order valence-corrected chi connectivity index (χ3v) is 6.61. The summed E-state index contributed by atoms with van der Waals surface area (Å²) in [5, 5.41) is 19.8. The molecule has 1 amide bonds. The van der Waals surface area contributed by atoms with E-state index < -0.39 is 5.60 Å². The Morgan fingerprint density at radius 2 is 1.97 bits per heavy atom. The lowest BCUT2D eigenvalue weighted by Gasteiger charge is -2.30. The molecule has 194 valence electrons. The number of benzene rings is 1. The molecule has 0 saturated heterocycles. The fraction of sp³-hybridized carbons (Fsp3) is 0.345. The third-order valence-electron chi connectivity index (χ3n) is 6.61. The number of aromatic nitrogens is 2. The maximum Gasteiger partial charge on any atom is 0.255 e. The van der Waals surface area contributed by atoms with Gasteiger partial charge in [-0.3, -0.25) is 4.79 Å². The highest BCUT2D eigenvalue weighted by Crippen LogP contribution is 2.29. The van der Waals surface area contributed by atoms with Crippen LogP contribution in [-0.4, -0.2) is 52.6 Å². The first kappa shape index (κ1) is 26.3. The van der Waals surface area contributed by atoms with Gasteiger partial charge in [0.15, 0.2) is 0 Å². The Balaban J connectivity index is 1.61. The van der Waals surface area contributed by atoms with Crippen molar-refractivity contribution in [2.45, 2.75) is 44.8 Å². The van der Waals surface area contributed by atoms with Gasteiger partial charge in [-0.1, -0.05) is 18.2 Å². The van der Waals surface area contributed by atoms with E-state index in [0.717, 1.165) is 24.9 Å². The number of hydrogen-bond acceptors (Lipinski definition) is 7. The van der Waals surface area contributed by atoms with Gasteiger partial charge in [0.05, 0.1) is 16.9 Å². The number of nitrogens with one attached hydrogen (secondary N) is 3. The van der Waals surface area contributed by atoms with Gasteiger partial charge in [-0.25, -0.2) is 9.97 Å². The van der Waals surface area contributed by atoms with Crippen LogP contribution in [0.3, 0.4) is 0 Å². The molecule has 1 aliphatic carbocycles. The zero-order valence-corrected chi connectivity index (χ0v) is 22.0. The van der Waals surface area contributed by atoms with Crippen LogP contribution >= 0.6 is 0 Å². The Labute approximate surface area is 218 Å². The number of aryl methyl sites for hydroxylation is 1. The van der Waals surface area contributed by atoms with E-state index in [0.29, 0.717) is 41.2 Å². The van der Waals surface area contributed by atoms with E-state index in [9.17, 15) is 9.90 Å². The minimum absolute atomic E-state index is 0.274. The summed E-state index contributed by atoms with van der Waals surface area (Å²) in [7, 11) is 4.28. The smallest absolute Gasteiger partial charge is 0.255 e. The van der Waals surface area contributed by atoms with Gasteiger partial charge >= 0.3 is 0 Å².